The second-order valence-corrected chi connectivity index (χ2v) is 3.57. The lowest BCUT2D eigenvalue weighted by Gasteiger charge is -2.20. The molecule has 1 aromatic rings. The van der Waals surface area contributed by atoms with Gasteiger partial charge in [-0.15, -0.1) is 0 Å². The molecule has 6 nitrogen and oxygen atoms in total. The van der Waals surface area contributed by atoms with E-state index in [0.717, 1.165) is 0 Å². The normalized spacial score (nSPS) is 11.0. The summed E-state index contributed by atoms with van der Waals surface area (Å²) in [6.07, 6.45) is 1.35. The van der Waals surface area contributed by atoms with Crippen molar-refractivity contribution in [2.45, 2.75) is 6.54 Å². The number of aromatic carboxylic acids is 1. The van der Waals surface area contributed by atoms with Crippen LogP contribution in [0.3, 0.4) is 0 Å². The zero-order chi connectivity index (χ0) is 12.7. The highest BCUT2D eigenvalue weighted by atomic mass is 16.5. The molecule has 0 amide bonds. The van der Waals surface area contributed by atoms with Gasteiger partial charge in [-0.2, -0.15) is 0 Å². The summed E-state index contributed by atoms with van der Waals surface area (Å²) in [6, 6.07) is 1.63. The smallest absolute Gasteiger partial charge is 0.372 e. The molecule has 0 atom stereocenters. The summed E-state index contributed by atoms with van der Waals surface area (Å²) in [5, 5.41) is 17.8. The first-order valence-corrected chi connectivity index (χ1v) is 5.30. The minimum atomic E-state index is -1.08. The third-order valence-corrected chi connectivity index (χ3v) is 2.36. The average molecular weight is 243 g/mol. The largest absolute Gasteiger partial charge is 0.475 e. The van der Waals surface area contributed by atoms with Crippen LogP contribution in [0.25, 0.3) is 0 Å². The van der Waals surface area contributed by atoms with Gasteiger partial charge in [0.25, 0.3) is 0 Å². The van der Waals surface area contributed by atoms with Crippen LogP contribution < -0.4 is 0 Å². The number of aliphatic hydroxyl groups is 1. The fourth-order valence-corrected chi connectivity index (χ4v) is 1.52. The van der Waals surface area contributed by atoms with Crippen LogP contribution in [0.1, 0.15) is 16.1 Å². The van der Waals surface area contributed by atoms with Crippen molar-refractivity contribution in [3.8, 4) is 0 Å². The lowest BCUT2D eigenvalue weighted by molar-refractivity contribution is 0.0658. The van der Waals surface area contributed by atoms with Crippen molar-refractivity contribution >= 4 is 5.97 Å². The number of nitrogens with zero attached hydrogens (tertiary/aromatic N) is 1. The van der Waals surface area contributed by atoms with Crippen molar-refractivity contribution in [1.29, 1.82) is 0 Å². The quantitative estimate of drug-likeness (QED) is 0.688. The van der Waals surface area contributed by atoms with Crippen LogP contribution in [-0.4, -0.2) is 54.5 Å². The van der Waals surface area contributed by atoms with Crippen molar-refractivity contribution in [2.75, 3.05) is 33.4 Å². The fourth-order valence-electron chi connectivity index (χ4n) is 1.52. The number of carbonyl (C=O) groups is 1. The van der Waals surface area contributed by atoms with Gasteiger partial charge in [0.2, 0.25) is 5.76 Å². The number of methoxy groups -OCH3 is 1. The summed E-state index contributed by atoms with van der Waals surface area (Å²) in [6.45, 7) is 2.06. The van der Waals surface area contributed by atoms with E-state index in [4.69, 9.17) is 19.4 Å². The van der Waals surface area contributed by atoms with Crippen molar-refractivity contribution in [2.24, 2.45) is 0 Å². The molecule has 2 N–H and O–H groups in total. The second kappa shape index (κ2) is 7.05. The number of aliphatic hydroxyl groups excluding tert-OH is 1. The minimum absolute atomic E-state index is 0.0178. The van der Waals surface area contributed by atoms with Gasteiger partial charge in [0, 0.05) is 32.3 Å². The summed E-state index contributed by atoms with van der Waals surface area (Å²) in [7, 11) is 1.59. The third-order valence-electron chi connectivity index (χ3n) is 2.36. The topological polar surface area (TPSA) is 83.1 Å². The Morgan fingerprint density at radius 3 is 2.88 bits per heavy atom. The summed E-state index contributed by atoms with van der Waals surface area (Å²) in [4.78, 5) is 12.8. The van der Waals surface area contributed by atoms with Gasteiger partial charge in [0.15, 0.2) is 0 Å². The standard InChI is InChI=1S/C11H17NO5/c1-16-7-4-12(3-5-13)8-9-2-6-17-10(9)11(14)15/h2,6,13H,3-5,7-8H2,1H3,(H,14,15). The van der Waals surface area contributed by atoms with Crippen LogP contribution in [0.2, 0.25) is 0 Å². The van der Waals surface area contributed by atoms with E-state index in [1.54, 1.807) is 13.2 Å². The predicted octanol–water partition coefficient (Wildman–Crippen LogP) is 0.419. The molecule has 0 aliphatic heterocycles. The van der Waals surface area contributed by atoms with Crippen LogP contribution in [0.4, 0.5) is 0 Å². The van der Waals surface area contributed by atoms with Crippen LogP contribution in [0.15, 0.2) is 16.7 Å². The van der Waals surface area contributed by atoms with Gasteiger partial charge >= 0.3 is 5.97 Å². The molecule has 0 aliphatic carbocycles. The Bertz CT molecular complexity index is 349. The Balaban J connectivity index is 2.64. The Labute approximate surface area is 99.4 Å². The first-order valence-electron chi connectivity index (χ1n) is 5.30. The average Bonchev–Trinajstić information content (AvgIpc) is 2.74. The first kappa shape index (κ1) is 13.7. The van der Waals surface area contributed by atoms with E-state index < -0.39 is 5.97 Å². The van der Waals surface area contributed by atoms with E-state index in [9.17, 15) is 4.79 Å². The zero-order valence-electron chi connectivity index (χ0n) is 9.76. The molecular weight excluding hydrogens is 226 g/mol. The second-order valence-electron chi connectivity index (χ2n) is 3.57. The molecule has 0 saturated carbocycles. The van der Waals surface area contributed by atoms with E-state index in [0.29, 0.717) is 31.8 Å². The number of ether oxygens (including phenoxy) is 1. The van der Waals surface area contributed by atoms with Crippen molar-refractivity contribution < 1.29 is 24.2 Å². The first-order chi connectivity index (χ1) is 8.19. The fraction of sp³-hybridized carbons (Fsp3) is 0.545. The maximum atomic E-state index is 10.8. The molecule has 17 heavy (non-hydrogen) atoms. The number of carboxylic acids is 1. The highest BCUT2D eigenvalue weighted by Crippen LogP contribution is 2.13. The van der Waals surface area contributed by atoms with E-state index in [-0.39, 0.29) is 12.4 Å². The van der Waals surface area contributed by atoms with Crippen LogP contribution in [-0.2, 0) is 11.3 Å². The summed E-state index contributed by atoms with van der Waals surface area (Å²) in [5.74, 6) is -1.13. The number of hydrogen-bond donors (Lipinski definition) is 2. The Kier molecular flexibility index (Phi) is 5.68. The van der Waals surface area contributed by atoms with E-state index in [1.807, 2.05) is 4.90 Å². The number of furan rings is 1. The summed E-state index contributed by atoms with van der Waals surface area (Å²) in [5.41, 5.74) is 0.599. The van der Waals surface area contributed by atoms with Gasteiger partial charge in [-0.25, -0.2) is 4.79 Å². The van der Waals surface area contributed by atoms with Crippen LogP contribution in [0, 0.1) is 0 Å². The van der Waals surface area contributed by atoms with Crippen LogP contribution >= 0.6 is 0 Å². The van der Waals surface area contributed by atoms with E-state index in [1.165, 1.54) is 6.26 Å². The van der Waals surface area contributed by atoms with Gasteiger partial charge < -0.3 is 19.4 Å². The van der Waals surface area contributed by atoms with E-state index in [2.05, 4.69) is 0 Å². The molecule has 0 aliphatic rings. The van der Waals surface area contributed by atoms with Crippen molar-refractivity contribution in [3.63, 3.8) is 0 Å². The van der Waals surface area contributed by atoms with E-state index >= 15 is 0 Å². The predicted molar refractivity (Wildman–Crippen MR) is 59.9 cm³/mol. The third kappa shape index (κ3) is 4.18. The molecule has 6 heteroatoms. The van der Waals surface area contributed by atoms with Gasteiger partial charge in [-0.1, -0.05) is 0 Å². The lowest BCUT2D eigenvalue weighted by atomic mass is 10.2. The monoisotopic (exact) mass is 243 g/mol. The van der Waals surface area contributed by atoms with Crippen molar-refractivity contribution in [3.05, 3.63) is 23.7 Å². The maximum Gasteiger partial charge on any atom is 0.372 e. The molecule has 0 spiro atoms. The molecule has 1 heterocycles. The maximum absolute atomic E-state index is 10.8. The highest BCUT2D eigenvalue weighted by molar-refractivity contribution is 5.86. The molecule has 0 unspecified atom stereocenters. The molecule has 0 fully saturated rings. The molecule has 1 aromatic heterocycles. The molecule has 0 aromatic carbocycles. The van der Waals surface area contributed by atoms with Crippen LogP contribution in [0.5, 0.6) is 0 Å². The highest BCUT2D eigenvalue weighted by Gasteiger charge is 2.16. The molecule has 96 valence electrons. The lowest BCUT2D eigenvalue weighted by Crippen LogP contribution is -2.30. The van der Waals surface area contributed by atoms with Crippen molar-refractivity contribution in [1.82, 2.24) is 4.90 Å². The summed E-state index contributed by atoms with van der Waals surface area (Å²) < 4.78 is 9.84. The zero-order valence-corrected chi connectivity index (χ0v) is 9.76. The summed E-state index contributed by atoms with van der Waals surface area (Å²) >= 11 is 0. The van der Waals surface area contributed by atoms with Gasteiger partial charge in [-0.05, 0) is 6.07 Å². The van der Waals surface area contributed by atoms with Gasteiger partial charge in [-0.3, -0.25) is 4.90 Å². The Morgan fingerprint density at radius 1 is 1.53 bits per heavy atom. The number of carboxylic acid groups (broad SMARTS) is 1. The van der Waals surface area contributed by atoms with Gasteiger partial charge in [0.05, 0.1) is 19.5 Å². The molecule has 0 saturated heterocycles. The SMILES string of the molecule is COCCN(CCO)Cc1ccoc1C(=O)O. The molecule has 0 bridgehead atoms. The Hall–Kier alpha value is -1.37. The number of hydrogen-bond acceptors (Lipinski definition) is 5. The minimum Gasteiger partial charge on any atom is -0.475 e. The molecule has 1 rings (SSSR count). The van der Waals surface area contributed by atoms with Gasteiger partial charge in [0.1, 0.15) is 0 Å². The molecular formula is C11H17NO5. The Morgan fingerprint density at radius 2 is 2.29 bits per heavy atom. The number of rotatable bonds is 8. The molecule has 0 radical (unpaired) electrons.